The molecular formula is C19H21N3O4. The zero-order chi connectivity index (χ0) is 18.5. The van der Waals surface area contributed by atoms with E-state index in [-0.39, 0.29) is 49.1 Å². The minimum Gasteiger partial charge on any atom is -0.479 e. The zero-order valence-corrected chi connectivity index (χ0v) is 14.4. The smallest absolute Gasteiger partial charge is 0.233 e. The highest BCUT2D eigenvalue weighted by molar-refractivity contribution is 6.05. The molecule has 2 fully saturated rings. The van der Waals surface area contributed by atoms with E-state index in [9.17, 15) is 14.4 Å². The quantitative estimate of drug-likeness (QED) is 0.788. The SMILES string of the molecule is N#CCOc1ccc(NC(=O)CCN2C(=O)[C@H]3CCCC[C@@H]3C2=O)cc1. The molecule has 2 atom stereocenters. The molecule has 0 aromatic heterocycles. The third-order valence-electron chi connectivity index (χ3n) is 4.94. The molecule has 2 aliphatic rings. The molecule has 3 rings (SSSR count). The van der Waals surface area contributed by atoms with Crippen LogP contribution in [0.4, 0.5) is 5.69 Å². The van der Waals surface area contributed by atoms with E-state index in [2.05, 4.69) is 5.32 Å². The van der Waals surface area contributed by atoms with Gasteiger partial charge in [-0.2, -0.15) is 5.26 Å². The van der Waals surface area contributed by atoms with E-state index in [0.717, 1.165) is 25.7 Å². The Morgan fingerprint density at radius 1 is 1.15 bits per heavy atom. The number of anilines is 1. The maximum Gasteiger partial charge on any atom is 0.233 e. The molecule has 1 saturated heterocycles. The van der Waals surface area contributed by atoms with Crippen molar-refractivity contribution in [3.8, 4) is 11.8 Å². The fourth-order valence-electron chi connectivity index (χ4n) is 3.64. The molecule has 7 heteroatoms. The molecule has 0 radical (unpaired) electrons. The fraction of sp³-hybridized carbons (Fsp3) is 0.474. The van der Waals surface area contributed by atoms with Crippen LogP contribution in [0.15, 0.2) is 24.3 Å². The predicted molar refractivity (Wildman–Crippen MR) is 93.0 cm³/mol. The van der Waals surface area contributed by atoms with Crippen molar-refractivity contribution < 1.29 is 19.1 Å². The largest absolute Gasteiger partial charge is 0.479 e. The van der Waals surface area contributed by atoms with E-state index in [1.54, 1.807) is 24.3 Å². The highest BCUT2D eigenvalue weighted by Crippen LogP contribution is 2.37. The number of ether oxygens (including phenoxy) is 1. The van der Waals surface area contributed by atoms with Gasteiger partial charge in [-0.15, -0.1) is 0 Å². The first-order valence-corrected chi connectivity index (χ1v) is 8.85. The Hall–Kier alpha value is -2.88. The molecule has 0 bridgehead atoms. The van der Waals surface area contributed by atoms with Crippen LogP contribution < -0.4 is 10.1 Å². The Labute approximate surface area is 151 Å². The van der Waals surface area contributed by atoms with Crippen molar-refractivity contribution in [3.63, 3.8) is 0 Å². The van der Waals surface area contributed by atoms with Crippen molar-refractivity contribution in [2.45, 2.75) is 32.1 Å². The van der Waals surface area contributed by atoms with Crippen molar-refractivity contribution in [1.82, 2.24) is 4.90 Å². The number of carbonyl (C=O) groups excluding carboxylic acids is 3. The second kappa shape index (κ2) is 8.00. The first kappa shape index (κ1) is 17.9. The number of amides is 3. The summed E-state index contributed by atoms with van der Waals surface area (Å²) < 4.78 is 5.14. The molecular weight excluding hydrogens is 334 g/mol. The lowest BCUT2D eigenvalue weighted by molar-refractivity contribution is -0.140. The topological polar surface area (TPSA) is 99.5 Å². The molecule has 1 aromatic rings. The first-order valence-electron chi connectivity index (χ1n) is 8.85. The molecule has 1 saturated carbocycles. The lowest BCUT2D eigenvalue weighted by Gasteiger charge is -2.19. The van der Waals surface area contributed by atoms with E-state index in [1.165, 1.54) is 4.90 Å². The number of rotatable bonds is 6. The molecule has 1 aliphatic carbocycles. The number of likely N-dealkylation sites (tertiary alicyclic amines) is 1. The number of nitrogens with zero attached hydrogens (tertiary/aromatic N) is 2. The lowest BCUT2D eigenvalue weighted by atomic mass is 9.81. The summed E-state index contributed by atoms with van der Waals surface area (Å²) in [5.41, 5.74) is 0.590. The maximum absolute atomic E-state index is 12.4. The number of benzene rings is 1. The van der Waals surface area contributed by atoms with Gasteiger partial charge in [0, 0.05) is 18.7 Å². The normalized spacial score (nSPS) is 21.9. The summed E-state index contributed by atoms with van der Waals surface area (Å²) >= 11 is 0. The van der Waals surface area contributed by atoms with Crippen LogP contribution in [0.25, 0.3) is 0 Å². The molecule has 0 spiro atoms. The van der Waals surface area contributed by atoms with Crippen LogP contribution in [0.2, 0.25) is 0 Å². The summed E-state index contributed by atoms with van der Waals surface area (Å²) in [6.45, 7) is 0.0887. The molecule has 136 valence electrons. The molecule has 0 unspecified atom stereocenters. The second-order valence-corrected chi connectivity index (χ2v) is 6.59. The van der Waals surface area contributed by atoms with Crippen molar-refractivity contribution in [2.75, 3.05) is 18.5 Å². The highest BCUT2D eigenvalue weighted by atomic mass is 16.5. The molecule has 1 aliphatic heterocycles. The molecule has 1 N–H and O–H groups in total. The van der Waals surface area contributed by atoms with Gasteiger partial charge in [-0.05, 0) is 37.1 Å². The molecule has 3 amide bonds. The number of carbonyl (C=O) groups is 3. The number of hydrogen-bond acceptors (Lipinski definition) is 5. The number of nitrogens with one attached hydrogen (secondary N) is 1. The van der Waals surface area contributed by atoms with Crippen molar-refractivity contribution >= 4 is 23.4 Å². The van der Waals surface area contributed by atoms with Crippen molar-refractivity contribution in [1.29, 1.82) is 5.26 Å². The average Bonchev–Trinajstić information content (AvgIpc) is 2.90. The predicted octanol–water partition coefficient (Wildman–Crippen LogP) is 2.09. The summed E-state index contributed by atoms with van der Waals surface area (Å²) in [6, 6.07) is 8.54. The molecule has 1 aromatic carbocycles. The van der Waals surface area contributed by atoms with Gasteiger partial charge in [0.15, 0.2) is 6.61 Å². The van der Waals surface area contributed by atoms with Gasteiger partial charge in [-0.25, -0.2) is 0 Å². The van der Waals surface area contributed by atoms with Crippen molar-refractivity contribution in [2.24, 2.45) is 11.8 Å². The van der Waals surface area contributed by atoms with Gasteiger partial charge in [0.2, 0.25) is 17.7 Å². The van der Waals surface area contributed by atoms with E-state index in [1.807, 2.05) is 6.07 Å². The second-order valence-electron chi connectivity index (χ2n) is 6.59. The Morgan fingerprint density at radius 3 is 2.35 bits per heavy atom. The van der Waals surface area contributed by atoms with Crippen LogP contribution in [0.5, 0.6) is 5.75 Å². The Kier molecular flexibility index (Phi) is 5.52. The minimum atomic E-state index is -0.258. The monoisotopic (exact) mass is 355 g/mol. The number of hydrogen-bond donors (Lipinski definition) is 1. The van der Waals surface area contributed by atoms with Crippen molar-refractivity contribution in [3.05, 3.63) is 24.3 Å². The Balaban J connectivity index is 1.50. The van der Waals surface area contributed by atoms with Gasteiger partial charge in [-0.3, -0.25) is 19.3 Å². The van der Waals surface area contributed by atoms with Gasteiger partial charge in [0.05, 0.1) is 11.8 Å². The first-order chi connectivity index (χ1) is 12.6. The molecule has 7 nitrogen and oxygen atoms in total. The van der Waals surface area contributed by atoms with Gasteiger partial charge in [0.1, 0.15) is 11.8 Å². The number of fused-ring (bicyclic) bond motifs is 1. The van der Waals surface area contributed by atoms with Gasteiger partial charge < -0.3 is 10.1 Å². The summed E-state index contributed by atoms with van der Waals surface area (Å²) in [5.74, 6) is -0.315. The third-order valence-corrected chi connectivity index (χ3v) is 4.94. The molecule has 26 heavy (non-hydrogen) atoms. The molecule has 1 heterocycles. The number of nitriles is 1. The van der Waals surface area contributed by atoms with Crippen LogP contribution in [-0.4, -0.2) is 35.8 Å². The van der Waals surface area contributed by atoms with Gasteiger partial charge in [0.25, 0.3) is 0 Å². The minimum absolute atomic E-state index is 0.0361. The van der Waals surface area contributed by atoms with E-state index in [4.69, 9.17) is 10.00 Å². The van der Waals surface area contributed by atoms with Crippen LogP contribution in [0.3, 0.4) is 0 Å². The highest BCUT2D eigenvalue weighted by Gasteiger charge is 2.47. The van der Waals surface area contributed by atoms with Crippen LogP contribution >= 0.6 is 0 Å². The summed E-state index contributed by atoms with van der Waals surface area (Å²) in [4.78, 5) is 38.1. The van der Waals surface area contributed by atoms with Gasteiger partial charge >= 0.3 is 0 Å². The van der Waals surface area contributed by atoms with Crippen LogP contribution in [-0.2, 0) is 14.4 Å². The van der Waals surface area contributed by atoms with E-state index >= 15 is 0 Å². The van der Waals surface area contributed by atoms with Gasteiger partial charge in [-0.1, -0.05) is 12.8 Å². The number of imide groups is 1. The summed E-state index contributed by atoms with van der Waals surface area (Å²) in [5, 5.41) is 11.2. The fourth-order valence-corrected chi connectivity index (χ4v) is 3.64. The Bertz CT molecular complexity index is 714. The maximum atomic E-state index is 12.4. The summed E-state index contributed by atoms with van der Waals surface area (Å²) in [6.07, 6.45) is 3.60. The standard InChI is InChI=1S/C19H21N3O4/c20-10-12-26-14-7-5-13(6-8-14)21-17(23)9-11-22-18(24)15-3-1-2-4-16(15)19(22)25/h5-8,15-16H,1-4,9,11-12H2,(H,21,23)/t15-,16-/m0/s1. The average molecular weight is 355 g/mol. The summed E-state index contributed by atoms with van der Waals surface area (Å²) in [7, 11) is 0. The zero-order valence-electron chi connectivity index (χ0n) is 14.4. The van der Waals surface area contributed by atoms with E-state index in [0.29, 0.717) is 11.4 Å². The van der Waals surface area contributed by atoms with Crippen LogP contribution in [0.1, 0.15) is 32.1 Å². The third kappa shape index (κ3) is 3.85. The van der Waals surface area contributed by atoms with E-state index < -0.39 is 0 Å². The van der Waals surface area contributed by atoms with Crippen LogP contribution in [0, 0.1) is 23.2 Å². The Morgan fingerprint density at radius 2 is 1.77 bits per heavy atom. The lowest BCUT2D eigenvalue weighted by Crippen LogP contribution is -2.34.